The molecule has 0 aromatic carbocycles. The molecule has 1 rings (SSSR count). The summed E-state index contributed by atoms with van der Waals surface area (Å²) < 4.78 is 0. The molecule has 76 valence electrons. The highest BCUT2D eigenvalue weighted by Crippen LogP contribution is 2.18. The van der Waals surface area contributed by atoms with E-state index in [4.69, 9.17) is 5.41 Å². The normalized spacial score (nSPS) is 20.0. The topological polar surface area (TPSA) is 27.1 Å². The van der Waals surface area contributed by atoms with Crippen molar-refractivity contribution in [1.82, 2.24) is 4.90 Å². The van der Waals surface area contributed by atoms with Crippen molar-refractivity contribution >= 4 is 5.84 Å². The van der Waals surface area contributed by atoms with Crippen molar-refractivity contribution in [1.29, 1.82) is 5.41 Å². The smallest absolute Gasteiger partial charge is 0.0960 e. The van der Waals surface area contributed by atoms with Crippen LogP contribution in [0.4, 0.5) is 0 Å². The van der Waals surface area contributed by atoms with Gasteiger partial charge in [0.25, 0.3) is 0 Å². The number of hydrogen-bond acceptors (Lipinski definition) is 1. The van der Waals surface area contributed by atoms with Gasteiger partial charge in [0.15, 0.2) is 0 Å². The Bertz CT molecular complexity index is 175. The lowest BCUT2D eigenvalue weighted by molar-refractivity contribution is 0.317. The third kappa shape index (κ3) is 3.02. The van der Waals surface area contributed by atoms with Gasteiger partial charge in [-0.3, -0.25) is 5.41 Å². The van der Waals surface area contributed by atoms with Gasteiger partial charge in [-0.1, -0.05) is 13.8 Å². The minimum atomic E-state index is 0.581. The summed E-state index contributed by atoms with van der Waals surface area (Å²) in [6.07, 6.45) is 4.70. The molecular formula is C11H22N2. The Morgan fingerprint density at radius 2 is 2.00 bits per heavy atom. The number of hydrogen-bond donors (Lipinski definition) is 1. The Morgan fingerprint density at radius 1 is 1.31 bits per heavy atom. The van der Waals surface area contributed by atoms with Crippen LogP contribution >= 0.6 is 0 Å². The second-order valence-corrected chi connectivity index (χ2v) is 4.56. The standard InChI is InChI=1S/C11H22N2/c1-9(2)6-7-10(3)13-8-4-5-11(13)12/h9-10,12H,4-8H2,1-3H3. The SMILES string of the molecule is CC(C)CCC(C)N1CCCC1=N. The summed E-state index contributed by atoms with van der Waals surface area (Å²) in [6, 6.07) is 0.581. The van der Waals surface area contributed by atoms with Crippen LogP contribution < -0.4 is 0 Å². The van der Waals surface area contributed by atoms with Crippen LogP contribution in [0, 0.1) is 11.3 Å². The molecule has 0 saturated carbocycles. The van der Waals surface area contributed by atoms with Gasteiger partial charge in [0.1, 0.15) is 0 Å². The van der Waals surface area contributed by atoms with E-state index in [1.807, 2.05) is 0 Å². The van der Waals surface area contributed by atoms with Crippen LogP contribution in [0.1, 0.15) is 46.5 Å². The molecule has 0 bridgehead atoms. The van der Waals surface area contributed by atoms with E-state index >= 15 is 0 Å². The van der Waals surface area contributed by atoms with Crippen LogP contribution in [0.2, 0.25) is 0 Å². The fourth-order valence-corrected chi connectivity index (χ4v) is 1.91. The van der Waals surface area contributed by atoms with E-state index in [1.165, 1.54) is 19.3 Å². The van der Waals surface area contributed by atoms with Gasteiger partial charge < -0.3 is 4.90 Å². The molecule has 0 amide bonds. The van der Waals surface area contributed by atoms with E-state index in [1.54, 1.807) is 0 Å². The third-order valence-corrected chi connectivity index (χ3v) is 2.85. The van der Waals surface area contributed by atoms with E-state index in [9.17, 15) is 0 Å². The first-order chi connectivity index (χ1) is 6.11. The van der Waals surface area contributed by atoms with Crippen LogP contribution in [-0.2, 0) is 0 Å². The summed E-state index contributed by atoms with van der Waals surface area (Å²) in [6.45, 7) is 7.89. The molecule has 1 atom stereocenters. The first kappa shape index (κ1) is 10.6. The van der Waals surface area contributed by atoms with Crippen LogP contribution in [0.5, 0.6) is 0 Å². The lowest BCUT2D eigenvalue weighted by Crippen LogP contribution is -2.33. The Hall–Kier alpha value is -0.530. The van der Waals surface area contributed by atoms with Gasteiger partial charge in [-0.05, 0) is 32.1 Å². The highest BCUT2D eigenvalue weighted by molar-refractivity contribution is 5.81. The van der Waals surface area contributed by atoms with Gasteiger partial charge in [0, 0.05) is 19.0 Å². The molecule has 0 radical (unpaired) electrons. The Kier molecular flexibility index (Phi) is 3.76. The van der Waals surface area contributed by atoms with E-state index in [-0.39, 0.29) is 0 Å². The molecule has 0 spiro atoms. The summed E-state index contributed by atoms with van der Waals surface area (Å²) in [4.78, 5) is 2.27. The summed E-state index contributed by atoms with van der Waals surface area (Å²) in [7, 11) is 0. The molecule has 2 nitrogen and oxygen atoms in total. The largest absolute Gasteiger partial charge is 0.358 e. The number of likely N-dealkylation sites (tertiary alicyclic amines) is 1. The van der Waals surface area contributed by atoms with E-state index in [2.05, 4.69) is 25.7 Å². The molecular weight excluding hydrogens is 160 g/mol. The minimum Gasteiger partial charge on any atom is -0.358 e. The van der Waals surface area contributed by atoms with E-state index < -0.39 is 0 Å². The maximum Gasteiger partial charge on any atom is 0.0960 e. The van der Waals surface area contributed by atoms with Crippen LogP contribution in [0.25, 0.3) is 0 Å². The molecule has 0 aliphatic carbocycles. The minimum absolute atomic E-state index is 0.581. The lowest BCUT2D eigenvalue weighted by Gasteiger charge is -2.26. The molecule has 1 aliphatic heterocycles. The number of nitrogens with one attached hydrogen (secondary N) is 1. The molecule has 0 aromatic heterocycles. The molecule has 1 saturated heterocycles. The number of nitrogens with zero attached hydrogens (tertiary/aromatic N) is 1. The Labute approximate surface area is 81.8 Å². The Morgan fingerprint density at radius 3 is 2.46 bits per heavy atom. The average Bonchev–Trinajstić information content (AvgIpc) is 2.47. The average molecular weight is 182 g/mol. The van der Waals surface area contributed by atoms with Crippen molar-refractivity contribution in [2.75, 3.05) is 6.54 Å². The molecule has 1 unspecified atom stereocenters. The fourth-order valence-electron chi connectivity index (χ4n) is 1.91. The zero-order valence-electron chi connectivity index (χ0n) is 9.14. The van der Waals surface area contributed by atoms with E-state index in [0.717, 1.165) is 24.7 Å². The number of rotatable bonds is 4. The first-order valence-corrected chi connectivity index (χ1v) is 5.45. The summed E-state index contributed by atoms with van der Waals surface area (Å²) in [5, 5.41) is 7.75. The highest BCUT2D eigenvalue weighted by atomic mass is 15.2. The molecule has 1 fully saturated rings. The summed E-state index contributed by atoms with van der Waals surface area (Å²) >= 11 is 0. The van der Waals surface area contributed by atoms with Gasteiger partial charge in [-0.25, -0.2) is 0 Å². The first-order valence-electron chi connectivity index (χ1n) is 5.45. The van der Waals surface area contributed by atoms with Crippen LogP contribution in [0.3, 0.4) is 0 Å². The molecule has 0 aromatic rings. The van der Waals surface area contributed by atoms with Gasteiger partial charge in [-0.2, -0.15) is 0 Å². The van der Waals surface area contributed by atoms with Crippen molar-refractivity contribution in [2.45, 2.75) is 52.5 Å². The maximum atomic E-state index is 7.75. The van der Waals surface area contributed by atoms with Gasteiger partial charge in [-0.15, -0.1) is 0 Å². The second-order valence-electron chi connectivity index (χ2n) is 4.56. The molecule has 1 heterocycles. The molecule has 13 heavy (non-hydrogen) atoms. The summed E-state index contributed by atoms with van der Waals surface area (Å²) in [5.41, 5.74) is 0. The monoisotopic (exact) mass is 182 g/mol. The highest BCUT2D eigenvalue weighted by Gasteiger charge is 2.21. The van der Waals surface area contributed by atoms with Crippen molar-refractivity contribution < 1.29 is 0 Å². The van der Waals surface area contributed by atoms with E-state index in [0.29, 0.717) is 6.04 Å². The van der Waals surface area contributed by atoms with Crippen molar-refractivity contribution in [2.24, 2.45) is 5.92 Å². The zero-order valence-corrected chi connectivity index (χ0v) is 9.14. The number of amidine groups is 1. The van der Waals surface area contributed by atoms with Crippen LogP contribution in [-0.4, -0.2) is 23.3 Å². The van der Waals surface area contributed by atoms with Crippen LogP contribution in [0.15, 0.2) is 0 Å². The van der Waals surface area contributed by atoms with Gasteiger partial charge in [0.2, 0.25) is 0 Å². The fraction of sp³-hybridized carbons (Fsp3) is 0.909. The third-order valence-electron chi connectivity index (χ3n) is 2.85. The summed E-state index contributed by atoms with van der Waals surface area (Å²) in [5.74, 6) is 1.65. The quantitative estimate of drug-likeness (QED) is 0.711. The predicted octanol–water partition coefficient (Wildman–Crippen LogP) is 2.88. The van der Waals surface area contributed by atoms with Crippen molar-refractivity contribution in [3.63, 3.8) is 0 Å². The van der Waals surface area contributed by atoms with Gasteiger partial charge >= 0.3 is 0 Å². The molecule has 2 heteroatoms. The zero-order chi connectivity index (χ0) is 9.84. The Balaban J connectivity index is 2.30. The molecule has 1 aliphatic rings. The maximum absolute atomic E-state index is 7.75. The van der Waals surface area contributed by atoms with Gasteiger partial charge in [0.05, 0.1) is 5.84 Å². The molecule has 1 N–H and O–H groups in total. The predicted molar refractivity (Wildman–Crippen MR) is 57.2 cm³/mol. The van der Waals surface area contributed by atoms with Crippen molar-refractivity contribution in [3.8, 4) is 0 Å². The lowest BCUT2D eigenvalue weighted by atomic mass is 10.0. The second kappa shape index (κ2) is 4.64. The van der Waals surface area contributed by atoms with Crippen molar-refractivity contribution in [3.05, 3.63) is 0 Å².